The number of benzene rings is 2. The number of ether oxygens (including phenoxy) is 1. The van der Waals surface area contributed by atoms with Gasteiger partial charge in [-0.25, -0.2) is 0 Å². The normalized spacial score (nSPS) is 9.68. The Morgan fingerprint density at radius 1 is 1.08 bits per heavy atom. The average molecular weight is 356 g/mol. The van der Waals surface area contributed by atoms with Gasteiger partial charge < -0.3 is 10.1 Å². The molecule has 25 heavy (non-hydrogen) atoms. The van der Waals surface area contributed by atoms with Crippen molar-refractivity contribution in [1.82, 2.24) is 5.32 Å². The summed E-state index contributed by atoms with van der Waals surface area (Å²) in [7, 11) is 1.58. The summed E-state index contributed by atoms with van der Waals surface area (Å²) >= 11 is 5.78. The SMILES string of the molecule is COc1ccccc1C#CCNC(=O)CCC(=O)c1ccc(Cl)cc1. The first-order valence-corrected chi connectivity index (χ1v) is 8.15. The first kappa shape index (κ1) is 18.6. The minimum atomic E-state index is -0.211. The van der Waals surface area contributed by atoms with Gasteiger partial charge in [0.2, 0.25) is 5.91 Å². The molecule has 0 aromatic heterocycles. The van der Waals surface area contributed by atoms with E-state index in [2.05, 4.69) is 17.2 Å². The molecule has 0 spiro atoms. The van der Waals surface area contributed by atoms with E-state index >= 15 is 0 Å². The Hall–Kier alpha value is -2.77. The van der Waals surface area contributed by atoms with Gasteiger partial charge in [0, 0.05) is 23.4 Å². The van der Waals surface area contributed by atoms with Crippen molar-refractivity contribution in [2.75, 3.05) is 13.7 Å². The molecular weight excluding hydrogens is 338 g/mol. The summed E-state index contributed by atoms with van der Waals surface area (Å²) < 4.78 is 5.20. The number of methoxy groups -OCH3 is 1. The highest BCUT2D eigenvalue weighted by Crippen LogP contribution is 2.15. The van der Waals surface area contributed by atoms with Crippen LogP contribution in [0.15, 0.2) is 48.5 Å². The number of hydrogen-bond acceptors (Lipinski definition) is 3. The van der Waals surface area contributed by atoms with E-state index in [1.807, 2.05) is 24.3 Å². The van der Waals surface area contributed by atoms with E-state index in [0.717, 1.165) is 5.56 Å². The Balaban J connectivity index is 1.77. The lowest BCUT2D eigenvalue weighted by Gasteiger charge is -2.03. The van der Waals surface area contributed by atoms with Crippen LogP contribution in [0.2, 0.25) is 5.02 Å². The monoisotopic (exact) mass is 355 g/mol. The van der Waals surface area contributed by atoms with Crippen molar-refractivity contribution < 1.29 is 14.3 Å². The molecule has 0 radical (unpaired) electrons. The van der Waals surface area contributed by atoms with Gasteiger partial charge in [-0.15, -0.1) is 0 Å². The molecule has 0 aliphatic heterocycles. The van der Waals surface area contributed by atoms with Crippen molar-refractivity contribution in [3.05, 3.63) is 64.7 Å². The quantitative estimate of drug-likeness (QED) is 0.637. The highest BCUT2D eigenvalue weighted by atomic mass is 35.5. The van der Waals surface area contributed by atoms with E-state index in [1.165, 1.54) is 0 Å². The Morgan fingerprint density at radius 3 is 2.52 bits per heavy atom. The van der Waals surface area contributed by atoms with Crippen LogP contribution in [0.1, 0.15) is 28.8 Å². The molecule has 4 nitrogen and oxygen atoms in total. The van der Waals surface area contributed by atoms with E-state index in [9.17, 15) is 9.59 Å². The van der Waals surface area contributed by atoms with Crippen LogP contribution in [0.25, 0.3) is 0 Å². The zero-order chi connectivity index (χ0) is 18.1. The van der Waals surface area contributed by atoms with Crippen molar-refractivity contribution in [3.8, 4) is 17.6 Å². The average Bonchev–Trinajstić information content (AvgIpc) is 2.64. The number of hydrogen-bond donors (Lipinski definition) is 1. The summed E-state index contributed by atoms with van der Waals surface area (Å²) in [5.41, 5.74) is 1.31. The van der Waals surface area contributed by atoms with Crippen LogP contribution in [-0.2, 0) is 4.79 Å². The Morgan fingerprint density at radius 2 is 1.80 bits per heavy atom. The summed E-state index contributed by atoms with van der Waals surface area (Å²) in [6, 6.07) is 14.0. The first-order chi connectivity index (χ1) is 12.1. The van der Waals surface area contributed by atoms with Crippen LogP contribution in [0.5, 0.6) is 5.75 Å². The van der Waals surface area contributed by atoms with Gasteiger partial charge >= 0.3 is 0 Å². The van der Waals surface area contributed by atoms with Crippen LogP contribution in [-0.4, -0.2) is 25.3 Å². The third kappa shape index (κ3) is 5.98. The number of halogens is 1. The smallest absolute Gasteiger partial charge is 0.221 e. The van der Waals surface area contributed by atoms with Crippen molar-refractivity contribution in [2.45, 2.75) is 12.8 Å². The third-order valence-corrected chi connectivity index (χ3v) is 3.70. The summed E-state index contributed by atoms with van der Waals surface area (Å²) in [5.74, 6) is 6.21. The van der Waals surface area contributed by atoms with Crippen LogP contribution < -0.4 is 10.1 Å². The Kier molecular flexibility index (Phi) is 7.06. The molecule has 0 atom stereocenters. The highest BCUT2D eigenvalue weighted by molar-refractivity contribution is 6.30. The second-order valence-corrected chi connectivity index (χ2v) is 5.65. The molecule has 2 aromatic carbocycles. The zero-order valence-electron chi connectivity index (χ0n) is 13.8. The van der Waals surface area contributed by atoms with Gasteiger partial charge in [0.05, 0.1) is 19.2 Å². The van der Waals surface area contributed by atoms with Crippen LogP contribution in [0, 0.1) is 11.8 Å². The minimum Gasteiger partial charge on any atom is -0.495 e. The summed E-state index contributed by atoms with van der Waals surface area (Å²) in [5, 5.41) is 3.25. The molecule has 0 bridgehead atoms. The number of carbonyl (C=O) groups is 2. The molecule has 0 saturated carbocycles. The molecule has 0 heterocycles. The molecule has 2 rings (SSSR count). The number of ketones is 1. The zero-order valence-corrected chi connectivity index (χ0v) is 14.6. The lowest BCUT2D eigenvalue weighted by molar-refractivity contribution is -0.120. The van der Waals surface area contributed by atoms with Crippen LogP contribution in [0.3, 0.4) is 0 Å². The summed E-state index contributed by atoms with van der Waals surface area (Å²) in [6.45, 7) is 0.214. The van der Waals surface area contributed by atoms with Gasteiger partial charge in [-0.05, 0) is 36.4 Å². The van der Waals surface area contributed by atoms with Gasteiger partial charge in [0.15, 0.2) is 5.78 Å². The Labute approximate surface area is 152 Å². The summed E-state index contributed by atoms with van der Waals surface area (Å²) in [4.78, 5) is 23.8. The molecule has 0 saturated heterocycles. The van der Waals surface area contributed by atoms with Crippen LogP contribution >= 0.6 is 11.6 Å². The Bertz CT molecular complexity index is 804. The fraction of sp³-hybridized carbons (Fsp3) is 0.200. The molecule has 0 aliphatic rings. The van der Waals surface area contributed by atoms with E-state index in [1.54, 1.807) is 31.4 Å². The van der Waals surface area contributed by atoms with Crippen molar-refractivity contribution >= 4 is 23.3 Å². The van der Waals surface area contributed by atoms with E-state index in [0.29, 0.717) is 16.3 Å². The van der Waals surface area contributed by atoms with Crippen molar-refractivity contribution in [2.24, 2.45) is 0 Å². The van der Waals surface area contributed by atoms with Crippen LogP contribution in [0.4, 0.5) is 0 Å². The molecule has 1 N–H and O–H groups in total. The molecule has 1 amide bonds. The topological polar surface area (TPSA) is 55.4 Å². The van der Waals surface area contributed by atoms with Crippen molar-refractivity contribution in [1.29, 1.82) is 0 Å². The molecule has 0 aliphatic carbocycles. The second kappa shape index (κ2) is 9.51. The van der Waals surface area contributed by atoms with E-state index in [-0.39, 0.29) is 31.1 Å². The van der Waals surface area contributed by atoms with Gasteiger partial charge in [0.1, 0.15) is 5.75 Å². The van der Waals surface area contributed by atoms with Crippen molar-refractivity contribution in [3.63, 3.8) is 0 Å². The van der Waals surface area contributed by atoms with E-state index < -0.39 is 0 Å². The molecular formula is C20H18ClNO3. The van der Waals surface area contributed by atoms with E-state index in [4.69, 9.17) is 16.3 Å². The standard InChI is InChI=1S/C20H18ClNO3/c1-25-19-7-3-2-5-16(19)6-4-14-22-20(24)13-12-18(23)15-8-10-17(21)11-9-15/h2-3,5,7-11H,12-14H2,1H3,(H,22,24). The first-order valence-electron chi connectivity index (χ1n) is 7.77. The lowest BCUT2D eigenvalue weighted by atomic mass is 10.1. The molecule has 0 unspecified atom stereocenters. The largest absolute Gasteiger partial charge is 0.495 e. The maximum Gasteiger partial charge on any atom is 0.221 e. The van der Waals surface area contributed by atoms with Gasteiger partial charge in [-0.1, -0.05) is 35.6 Å². The van der Waals surface area contributed by atoms with Gasteiger partial charge in [0.25, 0.3) is 0 Å². The molecule has 0 fully saturated rings. The lowest BCUT2D eigenvalue weighted by Crippen LogP contribution is -2.24. The number of para-hydroxylation sites is 1. The maximum absolute atomic E-state index is 12.0. The predicted octanol–water partition coefficient (Wildman–Crippen LogP) is 3.48. The maximum atomic E-state index is 12.0. The summed E-state index contributed by atoms with van der Waals surface area (Å²) in [6.07, 6.45) is 0.269. The second-order valence-electron chi connectivity index (χ2n) is 5.21. The molecule has 2 aromatic rings. The van der Waals surface area contributed by atoms with Gasteiger partial charge in [-0.2, -0.15) is 0 Å². The number of rotatable bonds is 6. The number of amides is 1. The minimum absolute atomic E-state index is 0.0908. The highest BCUT2D eigenvalue weighted by Gasteiger charge is 2.08. The number of Topliss-reactive ketones (excluding diaryl/α,β-unsaturated/α-hetero) is 1. The molecule has 5 heteroatoms. The fourth-order valence-electron chi connectivity index (χ4n) is 2.13. The molecule has 128 valence electrons. The predicted molar refractivity (Wildman–Crippen MR) is 97.9 cm³/mol. The third-order valence-electron chi connectivity index (χ3n) is 3.45. The fourth-order valence-corrected chi connectivity index (χ4v) is 2.25. The number of nitrogens with one attached hydrogen (secondary N) is 1. The number of carbonyl (C=O) groups excluding carboxylic acids is 2. The van der Waals surface area contributed by atoms with Gasteiger partial charge in [-0.3, -0.25) is 9.59 Å².